The van der Waals surface area contributed by atoms with Crippen molar-refractivity contribution in [2.45, 2.75) is 52.6 Å². The van der Waals surface area contributed by atoms with Gasteiger partial charge in [0.05, 0.1) is 12.6 Å². The van der Waals surface area contributed by atoms with Crippen LogP contribution in [-0.2, 0) is 4.79 Å². The molecule has 0 aromatic carbocycles. The molecule has 0 spiro atoms. The van der Waals surface area contributed by atoms with Crippen LogP contribution in [0.5, 0.6) is 0 Å². The van der Waals surface area contributed by atoms with Crippen molar-refractivity contribution in [2.24, 2.45) is 17.1 Å². The summed E-state index contributed by atoms with van der Waals surface area (Å²) in [6.07, 6.45) is 1.34. The Balaban J connectivity index is 2.59. The molecule has 1 amide bonds. The van der Waals surface area contributed by atoms with Crippen LogP contribution in [0.1, 0.15) is 40.5 Å². The van der Waals surface area contributed by atoms with E-state index >= 15 is 0 Å². The maximum Gasteiger partial charge on any atom is 0.224 e. The second kappa shape index (κ2) is 5.36. The van der Waals surface area contributed by atoms with Crippen LogP contribution >= 0.6 is 0 Å². The normalized spacial score (nSPS) is 27.3. The van der Waals surface area contributed by atoms with E-state index in [1.807, 2.05) is 20.8 Å². The predicted octanol–water partition coefficient (Wildman–Crippen LogP) is 0.979. The van der Waals surface area contributed by atoms with Crippen molar-refractivity contribution >= 4 is 5.91 Å². The molecule has 0 bridgehead atoms. The Kier molecular flexibility index (Phi) is 4.55. The van der Waals surface area contributed by atoms with Gasteiger partial charge in [-0.2, -0.15) is 0 Å². The maximum absolute atomic E-state index is 12.2. The molecule has 1 saturated heterocycles. The zero-order chi connectivity index (χ0) is 13.2. The second-order valence-corrected chi connectivity index (χ2v) is 6.28. The van der Waals surface area contributed by atoms with Gasteiger partial charge in [-0.15, -0.1) is 0 Å². The molecule has 1 aliphatic heterocycles. The van der Waals surface area contributed by atoms with E-state index in [0.29, 0.717) is 12.3 Å². The Labute approximate surface area is 104 Å². The number of aliphatic hydroxyl groups is 1. The number of aliphatic hydroxyl groups excluding tert-OH is 1. The topological polar surface area (TPSA) is 66.6 Å². The molecule has 0 saturated carbocycles. The summed E-state index contributed by atoms with van der Waals surface area (Å²) in [6, 6.07) is -0.153. The fourth-order valence-electron chi connectivity index (χ4n) is 2.21. The molecule has 0 aromatic rings. The van der Waals surface area contributed by atoms with Crippen LogP contribution in [0.4, 0.5) is 0 Å². The smallest absolute Gasteiger partial charge is 0.224 e. The third kappa shape index (κ3) is 3.42. The van der Waals surface area contributed by atoms with E-state index in [1.165, 1.54) is 0 Å². The monoisotopic (exact) mass is 242 g/mol. The number of amides is 1. The van der Waals surface area contributed by atoms with Gasteiger partial charge in [0.2, 0.25) is 5.91 Å². The van der Waals surface area contributed by atoms with Crippen LogP contribution in [0.2, 0.25) is 0 Å². The molecule has 0 aliphatic carbocycles. The van der Waals surface area contributed by atoms with E-state index < -0.39 is 0 Å². The first-order valence-electron chi connectivity index (χ1n) is 6.43. The zero-order valence-corrected chi connectivity index (χ0v) is 11.4. The van der Waals surface area contributed by atoms with Gasteiger partial charge in [-0.05, 0) is 17.8 Å². The minimum atomic E-state index is -0.134. The molecule has 1 heterocycles. The van der Waals surface area contributed by atoms with Crippen molar-refractivity contribution in [3.63, 3.8) is 0 Å². The van der Waals surface area contributed by atoms with Gasteiger partial charge in [-0.1, -0.05) is 27.7 Å². The first kappa shape index (κ1) is 14.5. The van der Waals surface area contributed by atoms with E-state index in [9.17, 15) is 9.90 Å². The molecule has 1 aliphatic rings. The summed E-state index contributed by atoms with van der Waals surface area (Å²) in [5, 5.41) is 9.32. The van der Waals surface area contributed by atoms with Crippen molar-refractivity contribution < 1.29 is 9.90 Å². The van der Waals surface area contributed by atoms with Gasteiger partial charge >= 0.3 is 0 Å². The SMILES string of the molecule is CC1CCN(C(=O)CC(N)C(C)(C)C)C1CO. The number of carbonyl (C=O) groups excluding carboxylic acids is 1. The molecule has 17 heavy (non-hydrogen) atoms. The molecule has 3 N–H and O–H groups in total. The predicted molar refractivity (Wildman–Crippen MR) is 68.4 cm³/mol. The summed E-state index contributed by atoms with van der Waals surface area (Å²) in [5.41, 5.74) is 5.97. The van der Waals surface area contributed by atoms with E-state index in [2.05, 4.69) is 6.92 Å². The van der Waals surface area contributed by atoms with Gasteiger partial charge < -0.3 is 15.7 Å². The lowest BCUT2D eigenvalue weighted by molar-refractivity contribution is -0.134. The highest BCUT2D eigenvalue weighted by Gasteiger charge is 2.35. The molecule has 3 unspecified atom stereocenters. The van der Waals surface area contributed by atoms with Gasteiger partial charge in [0, 0.05) is 19.0 Å². The molecule has 100 valence electrons. The summed E-state index contributed by atoms with van der Waals surface area (Å²) >= 11 is 0. The fraction of sp³-hybridized carbons (Fsp3) is 0.923. The Morgan fingerprint density at radius 1 is 1.53 bits per heavy atom. The van der Waals surface area contributed by atoms with Gasteiger partial charge in [-0.25, -0.2) is 0 Å². The fourth-order valence-corrected chi connectivity index (χ4v) is 2.21. The lowest BCUT2D eigenvalue weighted by Crippen LogP contribution is -2.45. The van der Waals surface area contributed by atoms with Crippen molar-refractivity contribution in [3.05, 3.63) is 0 Å². The molecular formula is C13H26N2O2. The average Bonchev–Trinajstić information content (AvgIpc) is 2.57. The number of hydrogen-bond donors (Lipinski definition) is 2. The van der Waals surface area contributed by atoms with Gasteiger partial charge in [-0.3, -0.25) is 4.79 Å². The first-order valence-corrected chi connectivity index (χ1v) is 6.43. The number of likely N-dealkylation sites (tertiary alicyclic amines) is 1. The number of nitrogens with zero attached hydrogens (tertiary/aromatic N) is 1. The van der Waals surface area contributed by atoms with Crippen LogP contribution in [0.15, 0.2) is 0 Å². The molecule has 1 fully saturated rings. The Morgan fingerprint density at radius 3 is 2.59 bits per heavy atom. The molecule has 3 atom stereocenters. The third-order valence-electron chi connectivity index (χ3n) is 3.90. The quantitative estimate of drug-likeness (QED) is 0.775. The number of carbonyl (C=O) groups is 1. The number of nitrogens with two attached hydrogens (primary N) is 1. The maximum atomic E-state index is 12.2. The highest BCUT2D eigenvalue weighted by molar-refractivity contribution is 5.77. The molecule has 4 nitrogen and oxygen atoms in total. The summed E-state index contributed by atoms with van der Waals surface area (Å²) in [4.78, 5) is 14.0. The molecule has 0 radical (unpaired) electrons. The third-order valence-corrected chi connectivity index (χ3v) is 3.90. The van der Waals surface area contributed by atoms with Crippen LogP contribution in [0.25, 0.3) is 0 Å². The van der Waals surface area contributed by atoms with Crippen LogP contribution < -0.4 is 5.73 Å². The summed E-state index contributed by atoms with van der Waals surface area (Å²) < 4.78 is 0. The van der Waals surface area contributed by atoms with E-state index in [-0.39, 0.29) is 30.0 Å². The van der Waals surface area contributed by atoms with E-state index in [4.69, 9.17) is 5.73 Å². The summed E-state index contributed by atoms with van der Waals surface area (Å²) in [5.74, 6) is 0.464. The van der Waals surface area contributed by atoms with Crippen LogP contribution in [0, 0.1) is 11.3 Å². The number of hydrogen-bond acceptors (Lipinski definition) is 3. The van der Waals surface area contributed by atoms with Crippen LogP contribution in [0.3, 0.4) is 0 Å². The molecule has 0 aromatic heterocycles. The number of rotatable bonds is 3. The van der Waals surface area contributed by atoms with Gasteiger partial charge in [0.15, 0.2) is 0 Å². The van der Waals surface area contributed by atoms with Crippen molar-refractivity contribution in [2.75, 3.05) is 13.2 Å². The summed E-state index contributed by atoms with van der Waals surface area (Å²) in [6.45, 7) is 9.01. The first-order chi connectivity index (χ1) is 7.77. The summed E-state index contributed by atoms with van der Waals surface area (Å²) in [7, 11) is 0. The Hall–Kier alpha value is -0.610. The largest absolute Gasteiger partial charge is 0.394 e. The average molecular weight is 242 g/mol. The zero-order valence-electron chi connectivity index (χ0n) is 11.4. The molecular weight excluding hydrogens is 216 g/mol. The van der Waals surface area contributed by atoms with E-state index in [0.717, 1.165) is 13.0 Å². The van der Waals surface area contributed by atoms with Crippen LogP contribution in [-0.4, -0.2) is 41.1 Å². The lowest BCUT2D eigenvalue weighted by atomic mass is 9.85. The molecule has 1 rings (SSSR count). The van der Waals surface area contributed by atoms with Crippen molar-refractivity contribution in [1.29, 1.82) is 0 Å². The minimum Gasteiger partial charge on any atom is -0.394 e. The highest BCUT2D eigenvalue weighted by Crippen LogP contribution is 2.26. The Bertz CT molecular complexity index is 273. The molecule has 4 heteroatoms. The van der Waals surface area contributed by atoms with Gasteiger partial charge in [0.1, 0.15) is 0 Å². The Morgan fingerprint density at radius 2 is 2.12 bits per heavy atom. The van der Waals surface area contributed by atoms with Crippen molar-refractivity contribution in [3.8, 4) is 0 Å². The van der Waals surface area contributed by atoms with Gasteiger partial charge in [0.25, 0.3) is 0 Å². The standard InChI is InChI=1S/C13H26N2O2/c1-9-5-6-15(10(9)8-16)12(17)7-11(14)13(2,3)4/h9-11,16H,5-8,14H2,1-4H3. The lowest BCUT2D eigenvalue weighted by Gasteiger charge is -2.30. The van der Waals surface area contributed by atoms with Crippen molar-refractivity contribution in [1.82, 2.24) is 4.90 Å². The van der Waals surface area contributed by atoms with E-state index in [1.54, 1.807) is 4.90 Å². The highest BCUT2D eigenvalue weighted by atomic mass is 16.3. The second-order valence-electron chi connectivity index (χ2n) is 6.28. The minimum absolute atomic E-state index is 0.0188.